The zero-order chi connectivity index (χ0) is 22.4. The standard InChI is InChI=1S/C22H22FN3O5/c1-13-2-4-15(17(23)10-13)21(29)14-3-5-19(28)16(11-14)18-12-20(26-22(24)25-18)31-9-8-30-7-6-27/h2-5,10-12,27-28H,6-9H2,1H3,(H2,24,25,26). The third-order valence-electron chi connectivity index (χ3n) is 4.34. The van der Waals surface area contributed by atoms with E-state index in [0.29, 0.717) is 5.56 Å². The number of hydrogen-bond acceptors (Lipinski definition) is 8. The van der Waals surface area contributed by atoms with Gasteiger partial charge in [-0.2, -0.15) is 4.98 Å². The minimum atomic E-state index is -0.620. The molecule has 9 heteroatoms. The lowest BCUT2D eigenvalue weighted by Crippen LogP contribution is -2.10. The Morgan fingerprint density at radius 3 is 2.65 bits per heavy atom. The van der Waals surface area contributed by atoms with Crippen molar-refractivity contribution in [3.63, 3.8) is 0 Å². The molecular weight excluding hydrogens is 405 g/mol. The molecule has 4 N–H and O–H groups in total. The van der Waals surface area contributed by atoms with E-state index in [-0.39, 0.29) is 66.4 Å². The number of nitrogens with zero attached hydrogens (tertiary/aromatic N) is 2. The second kappa shape index (κ2) is 9.96. The first-order valence-corrected chi connectivity index (χ1v) is 9.49. The molecule has 1 aromatic heterocycles. The average Bonchev–Trinajstić information content (AvgIpc) is 2.73. The second-order valence-corrected chi connectivity index (χ2v) is 6.68. The predicted octanol–water partition coefficient (Wildman–Crippen LogP) is 2.50. The summed E-state index contributed by atoms with van der Waals surface area (Å²) in [5, 5.41) is 19.0. The lowest BCUT2D eigenvalue weighted by Gasteiger charge is -2.11. The van der Waals surface area contributed by atoms with Crippen LogP contribution in [0.3, 0.4) is 0 Å². The highest BCUT2D eigenvalue weighted by atomic mass is 19.1. The van der Waals surface area contributed by atoms with E-state index in [0.717, 1.165) is 0 Å². The first-order valence-electron chi connectivity index (χ1n) is 9.49. The normalized spacial score (nSPS) is 10.8. The summed E-state index contributed by atoms with van der Waals surface area (Å²) in [5.41, 5.74) is 7.01. The van der Waals surface area contributed by atoms with Gasteiger partial charge in [0.15, 0.2) is 5.78 Å². The zero-order valence-electron chi connectivity index (χ0n) is 16.8. The molecule has 162 valence electrons. The SMILES string of the molecule is Cc1ccc(C(=O)c2ccc(O)c(-c3cc(OCCOCCO)nc(N)n3)c2)c(F)c1. The summed E-state index contributed by atoms with van der Waals surface area (Å²) in [6.07, 6.45) is 0. The summed E-state index contributed by atoms with van der Waals surface area (Å²) in [4.78, 5) is 20.9. The van der Waals surface area contributed by atoms with Crippen molar-refractivity contribution in [3.05, 3.63) is 65.0 Å². The Morgan fingerprint density at radius 2 is 1.90 bits per heavy atom. The van der Waals surface area contributed by atoms with Gasteiger partial charge in [0.25, 0.3) is 0 Å². The second-order valence-electron chi connectivity index (χ2n) is 6.68. The fourth-order valence-electron chi connectivity index (χ4n) is 2.87. The van der Waals surface area contributed by atoms with Crippen molar-refractivity contribution in [2.75, 3.05) is 32.2 Å². The van der Waals surface area contributed by atoms with Crippen molar-refractivity contribution >= 4 is 11.7 Å². The summed E-state index contributed by atoms with van der Waals surface area (Å²) in [7, 11) is 0. The topological polar surface area (TPSA) is 128 Å². The lowest BCUT2D eigenvalue weighted by molar-refractivity contribution is 0.0695. The van der Waals surface area contributed by atoms with Gasteiger partial charge in [0, 0.05) is 17.2 Å². The van der Waals surface area contributed by atoms with Crippen LogP contribution in [0.4, 0.5) is 10.3 Å². The minimum absolute atomic E-state index is 0.0728. The third kappa shape index (κ3) is 5.53. The molecule has 0 atom stereocenters. The molecule has 0 fully saturated rings. The van der Waals surface area contributed by atoms with Crippen LogP contribution in [-0.2, 0) is 4.74 Å². The first-order chi connectivity index (χ1) is 14.9. The molecule has 0 amide bonds. The Balaban J connectivity index is 1.88. The van der Waals surface area contributed by atoms with Gasteiger partial charge in [-0.3, -0.25) is 4.79 Å². The van der Waals surface area contributed by atoms with Crippen LogP contribution in [-0.4, -0.2) is 52.4 Å². The number of nitrogens with two attached hydrogens (primary N) is 1. The first kappa shape index (κ1) is 22.1. The van der Waals surface area contributed by atoms with Crippen molar-refractivity contribution in [2.45, 2.75) is 6.92 Å². The van der Waals surface area contributed by atoms with Gasteiger partial charge in [0.05, 0.1) is 31.1 Å². The number of carbonyl (C=O) groups is 1. The summed E-state index contributed by atoms with van der Waals surface area (Å²) in [6, 6.07) is 9.96. The van der Waals surface area contributed by atoms with Gasteiger partial charge >= 0.3 is 0 Å². The number of aryl methyl sites for hydroxylation is 1. The van der Waals surface area contributed by atoms with E-state index in [1.165, 1.54) is 36.4 Å². The molecule has 8 nitrogen and oxygen atoms in total. The number of aliphatic hydroxyl groups is 1. The Bertz CT molecular complexity index is 1090. The van der Waals surface area contributed by atoms with Crippen molar-refractivity contribution in [3.8, 4) is 22.9 Å². The number of carbonyl (C=O) groups excluding carboxylic acids is 1. The number of halogens is 1. The maximum Gasteiger partial charge on any atom is 0.223 e. The lowest BCUT2D eigenvalue weighted by atomic mass is 9.98. The molecule has 0 radical (unpaired) electrons. The van der Waals surface area contributed by atoms with Crippen LogP contribution in [0.25, 0.3) is 11.3 Å². The van der Waals surface area contributed by atoms with E-state index in [9.17, 15) is 14.3 Å². The van der Waals surface area contributed by atoms with Gasteiger partial charge in [0.1, 0.15) is 18.2 Å². The van der Waals surface area contributed by atoms with E-state index < -0.39 is 11.6 Å². The molecule has 3 aromatic rings. The Kier molecular flexibility index (Phi) is 7.11. The summed E-state index contributed by atoms with van der Waals surface area (Å²) in [6.45, 7) is 2.22. The number of nitrogen functional groups attached to an aromatic ring is 1. The largest absolute Gasteiger partial charge is 0.507 e. The fraction of sp³-hybridized carbons (Fsp3) is 0.227. The molecule has 1 heterocycles. The van der Waals surface area contributed by atoms with E-state index in [2.05, 4.69) is 9.97 Å². The molecule has 0 saturated heterocycles. The van der Waals surface area contributed by atoms with Crippen LogP contribution < -0.4 is 10.5 Å². The van der Waals surface area contributed by atoms with Gasteiger partial charge in [-0.05, 0) is 42.8 Å². The van der Waals surface area contributed by atoms with Crippen LogP contribution in [0.2, 0.25) is 0 Å². The highest BCUT2D eigenvalue weighted by molar-refractivity contribution is 6.09. The molecule has 0 bridgehead atoms. The molecule has 0 spiro atoms. The number of phenolic OH excluding ortho intramolecular Hbond substituents is 1. The van der Waals surface area contributed by atoms with Crippen molar-refractivity contribution in [1.82, 2.24) is 9.97 Å². The van der Waals surface area contributed by atoms with E-state index in [1.54, 1.807) is 13.0 Å². The number of ketones is 1. The number of ether oxygens (including phenoxy) is 2. The molecule has 31 heavy (non-hydrogen) atoms. The van der Waals surface area contributed by atoms with Crippen LogP contribution in [0, 0.1) is 12.7 Å². The number of aliphatic hydroxyl groups excluding tert-OH is 1. The fourth-order valence-corrected chi connectivity index (χ4v) is 2.87. The van der Waals surface area contributed by atoms with Crippen LogP contribution in [0.1, 0.15) is 21.5 Å². The maximum absolute atomic E-state index is 14.2. The van der Waals surface area contributed by atoms with Crippen LogP contribution >= 0.6 is 0 Å². The molecule has 0 aliphatic carbocycles. The molecule has 2 aromatic carbocycles. The Morgan fingerprint density at radius 1 is 1.10 bits per heavy atom. The smallest absolute Gasteiger partial charge is 0.223 e. The number of anilines is 1. The number of aromatic nitrogens is 2. The maximum atomic E-state index is 14.2. The Hall–Kier alpha value is -3.56. The van der Waals surface area contributed by atoms with Gasteiger partial charge in [-0.1, -0.05) is 6.07 Å². The quantitative estimate of drug-likeness (QED) is 0.351. The van der Waals surface area contributed by atoms with Crippen molar-refractivity contribution < 1.29 is 28.9 Å². The van der Waals surface area contributed by atoms with Crippen LogP contribution in [0.5, 0.6) is 11.6 Å². The monoisotopic (exact) mass is 427 g/mol. The van der Waals surface area contributed by atoms with Gasteiger partial charge in [0.2, 0.25) is 11.8 Å². The molecular formula is C22H22FN3O5. The van der Waals surface area contributed by atoms with E-state index in [1.807, 2.05) is 0 Å². The molecule has 0 saturated carbocycles. The molecule has 0 unspecified atom stereocenters. The number of rotatable bonds is 9. The number of benzene rings is 2. The van der Waals surface area contributed by atoms with E-state index >= 15 is 0 Å². The summed E-state index contributed by atoms with van der Waals surface area (Å²) < 4.78 is 24.8. The van der Waals surface area contributed by atoms with Crippen molar-refractivity contribution in [1.29, 1.82) is 0 Å². The summed E-state index contributed by atoms with van der Waals surface area (Å²) >= 11 is 0. The van der Waals surface area contributed by atoms with Gasteiger partial charge in [-0.15, -0.1) is 0 Å². The number of phenols is 1. The predicted molar refractivity (Wildman–Crippen MR) is 112 cm³/mol. The Labute approximate surface area is 178 Å². The average molecular weight is 427 g/mol. The number of hydrogen-bond donors (Lipinski definition) is 3. The molecule has 0 aliphatic heterocycles. The molecule has 0 aliphatic rings. The van der Waals surface area contributed by atoms with Gasteiger partial charge in [-0.25, -0.2) is 9.37 Å². The number of aromatic hydroxyl groups is 1. The third-order valence-corrected chi connectivity index (χ3v) is 4.34. The van der Waals surface area contributed by atoms with Crippen LogP contribution in [0.15, 0.2) is 42.5 Å². The van der Waals surface area contributed by atoms with Crippen molar-refractivity contribution in [2.24, 2.45) is 0 Å². The highest BCUT2D eigenvalue weighted by Crippen LogP contribution is 2.31. The van der Waals surface area contributed by atoms with Gasteiger partial charge < -0.3 is 25.4 Å². The highest BCUT2D eigenvalue weighted by Gasteiger charge is 2.18. The summed E-state index contributed by atoms with van der Waals surface area (Å²) in [5.74, 6) is -1.24. The zero-order valence-corrected chi connectivity index (χ0v) is 16.8. The minimum Gasteiger partial charge on any atom is -0.507 e. The molecule has 3 rings (SSSR count). The van der Waals surface area contributed by atoms with E-state index in [4.69, 9.17) is 20.3 Å².